The SMILES string of the molecule is CC.CCn1nc(C(F)(F)F)cc1-c1cc(C)nc(C(N)=O)c1. The summed E-state index contributed by atoms with van der Waals surface area (Å²) in [6, 6.07) is 3.89. The summed E-state index contributed by atoms with van der Waals surface area (Å²) in [6.45, 7) is 7.58. The summed E-state index contributed by atoms with van der Waals surface area (Å²) in [5.41, 5.74) is 5.36. The van der Waals surface area contributed by atoms with E-state index < -0.39 is 17.8 Å². The van der Waals surface area contributed by atoms with Gasteiger partial charge in [-0.2, -0.15) is 18.3 Å². The van der Waals surface area contributed by atoms with Crippen molar-refractivity contribution >= 4 is 5.91 Å². The Bertz CT molecular complexity index is 693. The van der Waals surface area contributed by atoms with E-state index in [1.807, 2.05) is 13.8 Å². The Morgan fingerprint density at radius 1 is 1.26 bits per heavy atom. The first-order chi connectivity index (χ1) is 10.7. The molecule has 0 radical (unpaired) electrons. The highest BCUT2D eigenvalue weighted by Crippen LogP contribution is 2.32. The molecule has 126 valence electrons. The summed E-state index contributed by atoms with van der Waals surface area (Å²) in [5.74, 6) is -0.737. The van der Waals surface area contributed by atoms with Crippen LogP contribution < -0.4 is 5.73 Å². The smallest absolute Gasteiger partial charge is 0.364 e. The lowest BCUT2D eigenvalue weighted by Gasteiger charge is -2.07. The number of nitrogens with two attached hydrogens (primary N) is 1. The van der Waals surface area contributed by atoms with Crippen molar-refractivity contribution in [1.82, 2.24) is 14.8 Å². The summed E-state index contributed by atoms with van der Waals surface area (Å²) in [7, 11) is 0. The van der Waals surface area contributed by atoms with Crippen LogP contribution in [0, 0.1) is 6.92 Å². The maximum atomic E-state index is 12.8. The largest absolute Gasteiger partial charge is 0.435 e. The molecule has 0 spiro atoms. The van der Waals surface area contributed by atoms with E-state index in [4.69, 9.17) is 5.73 Å². The molecule has 0 atom stereocenters. The number of hydrogen-bond donors (Lipinski definition) is 1. The molecule has 2 aromatic heterocycles. The fourth-order valence-corrected chi connectivity index (χ4v) is 1.97. The van der Waals surface area contributed by atoms with E-state index in [1.54, 1.807) is 19.9 Å². The first-order valence-corrected chi connectivity index (χ1v) is 7.16. The van der Waals surface area contributed by atoms with Gasteiger partial charge in [0.15, 0.2) is 5.69 Å². The molecule has 23 heavy (non-hydrogen) atoms. The second-order valence-corrected chi connectivity index (χ2v) is 4.48. The van der Waals surface area contributed by atoms with Crippen molar-refractivity contribution in [3.63, 3.8) is 0 Å². The zero-order chi connectivity index (χ0) is 17.8. The van der Waals surface area contributed by atoms with Crippen molar-refractivity contribution in [2.24, 2.45) is 5.73 Å². The Kier molecular flexibility index (Phi) is 5.89. The van der Waals surface area contributed by atoms with Gasteiger partial charge in [-0.15, -0.1) is 0 Å². The molecule has 0 bridgehead atoms. The number of amides is 1. The number of aromatic nitrogens is 3. The van der Waals surface area contributed by atoms with Crippen LogP contribution in [0.3, 0.4) is 0 Å². The lowest BCUT2D eigenvalue weighted by molar-refractivity contribution is -0.141. The van der Waals surface area contributed by atoms with Gasteiger partial charge in [0, 0.05) is 17.8 Å². The van der Waals surface area contributed by atoms with Crippen molar-refractivity contribution in [2.75, 3.05) is 0 Å². The van der Waals surface area contributed by atoms with Crippen LogP contribution in [-0.2, 0) is 12.7 Å². The first-order valence-electron chi connectivity index (χ1n) is 7.16. The Hall–Kier alpha value is -2.38. The van der Waals surface area contributed by atoms with Crippen molar-refractivity contribution in [3.8, 4) is 11.3 Å². The average Bonchev–Trinajstić information content (AvgIpc) is 2.93. The summed E-state index contributed by atoms with van der Waals surface area (Å²) >= 11 is 0. The summed E-state index contributed by atoms with van der Waals surface area (Å²) in [4.78, 5) is 15.2. The van der Waals surface area contributed by atoms with Crippen molar-refractivity contribution < 1.29 is 18.0 Å². The van der Waals surface area contributed by atoms with E-state index in [2.05, 4.69) is 10.1 Å². The van der Waals surface area contributed by atoms with E-state index in [1.165, 1.54) is 10.7 Å². The summed E-state index contributed by atoms with van der Waals surface area (Å²) in [5, 5.41) is 3.54. The van der Waals surface area contributed by atoms with Crippen molar-refractivity contribution in [1.29, 1.82) is 0 Å². The lowest BCUT2D eigenvalue weighted by atomic mass is 10.1. The fourth-order valence-electron chi connectivity index (χ4n) is 1.97. The van der Waals surface area contributed by atoms with Crippen LogP contribution in [0.1, 0.15) is 42.6 Å². The molecular weight excluding hydrogens is 309 g/mol. The predicted octanol–water partition coefficient (Wildman–Crippen LogP) is 3.42. The van der Waals surface area contributed by atoms with Crippen LogP contribution in [0.2, 0.25) is 0 Å². The Labute approximate surface area is 132 Å². The van der Waals surface area contributed by atoms with Gasteiger partial charge < -0.3 is 5.73 Å². The second kappa shape index (κ2) is 7.26. The molecule has 0 unspecified atom stereocenters. The highest BCUT2D eigenvalue weighted by Gasteiger charge is 2.35. The number of primary amides is 1. The predicted molar refractivity (Wildman–Crippen MR) is 80.7 cm³/mol. The number of nitrogens with zero attached hydrogens (tertiary/aromatic N) is 3. The minimum atomic E-state index is -4.52. The standard InChI is InChI=1S/C13H13F3N4O.C2H6/c1-3-20-10(6-11(19-20)13(14,15)16)8-4-7(2)18-9(5-8)12(17)21;1-2/h4-6H,3H2,1-2H3,(H2,17,21);1-2H3. The van der Waals surface area contributed by atoms with E-state index in [9.17, 15) is 18.0 Å². The number of rotatable bonds is 3. The van der Waals surface area contributed by atoms with Gasteiger partial charge in [0.1, 0.15) is 5.69 Å². The molecule has 0 aliphatic rings. The highest BCUT2D eigenvalue weighted by molar-refractivity contribution is 5.92. The van der Waals surface area contributed by atoms with Gasteiger partial charge in [0.2, 0.25) is 0 Å². The van der Waals surface area contributed by atoms with Crippen LogP contribution in [0.25, 0.3) is 11.3 Å². The maximum Gasteiger partial charge on any atom is 0.435 e. The summed E-state index contributed by atoms with van der Waals surface area (Å²) in [6.07, 6.45) is -4.52. The zero-order valence-electron chi connectivity index (χ0n) is 13.4. The van der Waals surface area contributed by atoms with Gasteiger partial charge in [-0.1, -0.05) is 13.8 Å². The Balaban J connectivity index is 0.00000127. The van der Waals surface area contributed by atoms with E-state index in [-0.39, 0.29) is 17.9 Å². The minimum Gasteiger partial charge on any atom is -0.364 e. The lowest BCUT2D eigenvalue weighted by Crippen LogP contribution is -2.14. The Morgan fingerprint density at radius 2 is 1.87 bits per heavy atom. The molecule has 0 fully saturated rings. The van der Waals surface area contributed by atoms with Gasteiger partial charge in [-0.05, 0) is 32.0 Å². The van der Waals surface area contributed by atoms with Gasteiger partial charge >= 0.3 is 6.18 Å². The minimum absolute atomic E-state index is 0.00223. The van der Waals surface area contributed by atoms with Crippen LogP contribution in [0.15, 0.2) is 18.2 Å². The van der Waals surface area contributed by atoms with Crippen LogP contribution >= 0.6 is 0 Å². The molecule has 0 aliphatic heterocycles. The van der Waals surface area contributed by atoms with Gasteiger partial charge in [0.05, 0.1) is 5.69 Å². The topological polar surface area (TPSA) is 73.8 Å². The number of aryl methyl sites for hydroxylation is 2. The van der Waals surface area contributed by atoms with Crippen molar-refractivity contribution in [2.45, 2.75) is 40.4 Å². The number of pyridine rings is 1. The van der Waals surface area contributed by atoms with Crippen LogP contribution in [0.5, 0.6) is 0 Å². The van der Waals surface area contributed by atoms with E-state index >= 15 is 0 Å². The molecular formula is C15H19F3N4O. The fraction of sp³-hybridized carbons (Fsp3) is 0.400. The number of carbonyl (C=O) groups is 1. The van der Waals surface area contributed by atoms with Crippen molar-refractivity contribution in [3.05, 3.63) is 35.3 Å². The highest BCUT2D eigenvalue weighted by atomic mass is 19.4. The third kappa shape index (κ3) is 4.30. The summed E-state index contributed by atoms with van der Waals surface area (Å²) < 4.78 is 39.5. The third-order valence-corrected chi connectivity index (χ3v) is 2.87. The molecule has 0 aromatic carbocycles. The molecule has 2 heterocycles. The molecule has 2 aromatic rings. The number of halogens is 3. The second-order valence-electron chi connectivity index (χ2n) is 4.48. The van der Waals surface area contributed by atoms with Gasteiger partial charge in [-0.25, -0.2) is 4.98 Å². The van der Waals surface area contributed by atoms with Crippen LogP contribution in [-0.4, -0.2) is 20.7 Å². The van der Waals surface area contributed by atoms with Gasteiger partial charge in [-0.3, -0.25) is 9.48 Å². The van der Waals surface area contributed by atoms with E-state index in [0.717, 1.165) is 6.07 Å². The monoisotopic (exact) mass is 328 g/mol. The Morgan fingerprint density at radius 3 is 2.35 bits per heavy atom. The molecule has 0 saturated heterocycles. The molecule has 2 N–H and O–H groups in total. The molecule has 2 rings (SSSR count). The normalized spacial score (nSPS) is 10.9. The zero-order valence-corrected chi connectivity index (χ0v) is 13.4. The van der Waals surface area contributed by atoms with Gasteiger partial charge in [0.25, 0.3) is 5.91 Å². The average molecular weight is 328 g/mol. The quantitative estimate of drug-likeness (QED) is 0.938. The number of hydrogen-bond acceptors (Lipinski definition) is 3. The first kappa shape index (κ1) is 18.7. The molecule has 8 heteroatoms. The number of alkyl halides is 3. The molecule has 0 saturated carbocycles. The third-order valence-electron chi connectivity index (χ3n) is 2.87. The molecule has 1 amide bonds. The maximum absolute atomic E-state index is 12.8. The van der Waals surface area contributed by atoms with Crippen LogP contribution in [0.4, 0.5) is 13.2 Å². The number of carbonyl (C=O) groups excluding carboxylic acids is 1. The van der Waals surface area contributed by atoms with E-state index in [0.29, 0.717) is 11.3 Å². The molecule has 5 nitrogen and oxygen atoms in total. The molecule has 0 aliphatic carbocycles.